The first kappa shape index (κ1) is 14.0. The lowest BCUT2D eigenvalue weighted by atomic mass is 10.0. The SMILES string of the molecule is Cc1nc(CC(N)c2cccc(C(F)(F)F)c2)cs1. The molecule has 102 valence electrons. The van der Waals surface area contributed by atoms with Crippen LogP contribution >= 0.6 is 11.3 Å². The molecule has 0 amide bonds. The van der Waals surface area contributed by atoms with Crippen LogP contribution < -0.4 is 5.73 Å². The Morgan fingerprint density at radius 2 is 2.11 bits per heavy atom. The monoisotopic (exact) mass is 286 g/mol. The highest BCUT2D eigenvalue weighted by Gasteiger charge is 2.30. The van der Waals surface area contributed by atoms with Gasteiger partial charge >= 0.3 is 6.18 Å². The lowest BCUT2D eigenvalue weighted by Gasteiger charge is -2.13. The van der Waals surface area contributed by atoms with Crippen molar-refractivity contribution in [2.45, 2.75) is 25.6 Å². The number of aryl methyl sites for hydroxylation is 1. The van der Waals surface area contributed by atoms with E-state index in [0.717, 1.165) is 22.8 Å². The minimum atomic E-state index is -4.34. The Kier molecular flexibility index (Phi) is 3.91. The van der Waals surface area contributed by atoms with Crippen LogP contribution in [0.4, 0.5) is 13.2 Å². The highest BCUT2D eigenvalue weighted by atomic mass is 32.1. The number of hydrogen-bond acceptors (Lipinski definition) is 3. The zero-order chi connectivity index (χ0) is 14.0. The molecule has 0 saturated heterocycles. The molecule has 1 unspecified atom stereocenters. The molecule has 0 bridgehead atoms. The Balaban J connectivity index is 2.17. The fourth-order valence-corrected chi connectivity index (χ4v) is 2.42. The van der Waals surface area contributed by atoms with Crippen LogP contribution in [-0.4, -0.2) is 4.98 Å². The molecule has 1 aromatic heterocycles. The van der Waals surface area contributed by atoms with Crippen LogP contribution in [0.2, 0.25) is 0 Å². The van der Waals surface area contributed by atoms with Crippen molar-refractivity contribution in [2.75, 3.05) is 0 Å². The average molecular weight is 286 g/mol. The second kappa shape index (κ2) is 5.30. The Labute approximate surface area is 113 Å². The van der Waals surface area contributed by atoms with Crippen molar-refractivity contribution in [3.05, 3.63) is 51.5 Å². The van der Waals surface area contributed by atoms with Gasteiger partial charge in [-0.05, 0) is 24.6 Å². The largest absolute Gasteiger partial charge is 0.416 e. The van der Waals surface area contributed by atoms with Gasteiger partial charge in [-0.3, -0.25) is 0 Å². The van der Waals surface area contributed by atoms with Crippen LogP contribution in [-0.2, 0) is 12.6 Å². The first-order valence-corrected chi connectivity index (χ1v) is 6.58. The molecule has 1 atom stereocenters. The lowest BCUT2D eigenvalue weighted by molar-refractivity contribution is -0.137. The molecule has 0 aliphatic rings. The summed E-state index contributed by atoms with van der Waals surface area (Å²) in [7, 11) is 0. The minimum absolute atomic E-state index is 0.436. The first-order valence-electron chi connectivity index (χ1n) is 5.70. The predicted octanol–water partition coefficient (Wildman–Crippen LogP) is 3.71. The van der Waals surface area contributed by atoms with Crippen LogP contribution in [0.25, 0.3) is 0 Å². The third kappa shape index (κ3) is 3.54. The Bertz CT molecular complexity index is 563. The van der Waals surface area contributed by atoms with E-state index < -0.39 is 17.8 Å². The summed E-state index contributed by atoms with van der Waals surface area (Å²) in [6.45, 7) is 1.88. The van der Waals surface area contributed by atoms with Gasteiger partial charge in [0.15, 0.2) is 0 Å². The summed E-state index contributed by atoms with van der Waals surface area (Å²) in [5.41, 5.74) is 6.56. The summed E-state index contributed by atoms with van der Waals surface area (Å²) in [6.07, 6.45) is -3.90. The van der Waals surface area contributed by atoms with Crippen molar-refractivity contribution in [2.24, 2.45) is 5.73 Å². The van der Waals surface area contributed by atoms with Crippen LogP contribution in [0.1, 0.15) is 27.9 Å². The number of benzene rings is 1. The van der Waals surface area contributed by atoms with Crippen molar-refractivity contribution in [3.8, 4) is 0 Å². The molecule has 0 aliphatic heterocycles. The van der Waals surface area contributed by atoms with Gasteiger partial charge in [0, 0.05) is 17.8 Å². The highest BCUT2D eigenvalue weighted by molar-refractivity contribution is 7.09. The molecule has 2 N–H and O–H groups in total. The van der Waals surface area contributed by atoms with Gasteiger partial charge < -0.3 is 5.73 Å². The Morgan fingerprint density at radius 3 is 2.68 bits per heavy atom. The second-order valence-electron chi connectivity index (χ2n) is 4.29. The lowest BCUT2D eigenvalue weighted by Crippen LogP contribution is -2.15. The molecule has 2 aromatic rings. The van der Waals surface area contributed by atoms with E-state index in [0.29, 0.717) is 12.0 Å². The molecule has 0 spiro atoms. The molecule has 2 nitrogen and oxygen atoms in total. The number of nitrogens with two attached hydrogens (primary N) is 1. The summed E-state index contributed by atoms with van der Waals surface area (Å²) < 4.78 is 37.8. The third-order valence-corrected chi connectivity index (χ3v) is 3.56. The maximum Gasteiger partial charge on any atom is 0.416 e. The number of rotatable bonds is 3. The summed E-state index contributed by atoms with van der Waals surface area (Å²) >= 11 is 1.50. The van der Waals surface area contributed by atoms with E-state index in [9.17, 15) is 13.2 Å². The molecule has 1 heterocycles. The summed E-state index contributed by atoms with van der Waals surface area (Å²) in [5, 5.41) is 2.80. The summed E-state index contributed by atoms with van der Waals surface area (Å²) in [4.78, 5) is 4.26. The molecule has 1 aromatic carbocycles. The van der Waals surface area contributed by atoms with E-state index in [1.807, 2.05) is 12.3 Å². The van der Waals surface area contributed by atoms with E-state index in [1.54, 1.807) is 6.07 Å². The van der Waals surface area contributed by atoms with Crippen LogP contribution in [0.5, 0.6) is 0 Å². The number of hydrogen-bond donors (Lipinski definition) is 1. The van der Waals surface area contributed by atoms with Gasteiger partial charge in [-0.1, -0.05) is 12.1 Å². The number of nitrogens with zero attached hydrogens (tertiary/aromatic N) is 1. The Hall–Kier alpha value is -1.40. The number of halogens is 3. The molecule has 0 radical (unpaired) electrons. The van der Waals surface area contributed by atoms with Gasteiger partial charge in [-0.25, -0.2) is 4.98 Å². The molecule has 0 saturated carbocycles. The molecule has 0 fully saturated rings. The van der Waals surface area contributed by atoms with Crippen LogP contribution in [0, 0.1) is 6.92 Å². The molecular formula is C13H13F3N2S. The quantitative estimate of drug-likeness (QED) is 0.934. The van der Waals surface area contributed by atoms with Gasteiger partial charge in [0.25, 0.3) is 0 Å². The van der Waals surface area contributed by atoms with Gasteiger partial charge in [0.2, 0.25) is 0 Å². The van der Waals surface area contributed by atoms with Crippen molar-refractivity contribution >= 4 is 11.3 Å². The third-order valence-electron chi connectivity index (χ3n) is 2.74. The first-order chi connectivity index (χ1) is 8.86. The fraction of sp³-hybridized carbons (Fsp3) is 0.308. The smallest absolute Gasteiger partial charge is 0.324 e. The van der Waals surface area contributed by atoms with Crippen molar-refractivity contribution in [1.82, 2.24) is 4.98 Å². The topological polar surface area (TPSA) is 38.9 Å². The van der Waals surface area contributed by atoms with Crippen LogP contribution in [0.3, 0.4) is 0 Å². The van der Waals surface area contributed by atoms with E-state index in [4.69, 9.17) is 5.73 Å². The van der Waals surface area contributed by atoms with Gasteiger partial charge in [0.1, 0.15) is 0 Å². The maximum atomic E-state index is 12.6. The number of alkyl halides is 3. The second-order valence-corrected chi connectivity index (χ2v) is 5.35. The standard InChI is InChI=1S/C13H13F3N2S/c1-8-18-11(7-19-8)6-12(17)9-3-2-4-10(5-9)13(14,15)16/h2-5,7,12H,6,17H2,1H3. The van der Waals surface area contributed by atoms with Crippen LogP contribution in [0.15, 0.2) is 29.6 Å². The molecule has 0 aliphatic carbocycles. The minimum Gasteiger partial charge on any atom is -0.324 e. The Morgan fingerprint density at radius 1 is 1.37 bits per heavy atom. The highest BCUT2D eigenvalue weighted by Crippen LogP contribution is 2.31. The summed E-state index contributed by atoms with van der Waals surface area (Å²) in [5.74, 6) is 0. The predicted molar refractivity (Wildman–Crippen MR) is 68.9 cm³/mol. The molecule has 2 rings (SSSR count). The molecule has 6 heteroatoms. The van der Waals surface area contributed by atoms with Crippen molar-refractivity contribution < 1.29 is 13.2 Å². The fourth-order valence-electron chi connectivity index (χ4n) is 1.79. The van der Waals surface area contributed by atoms with Gasteiger partial charge in [-0.2, -0.15) is 13.2 Å². The van der Waals surface area contributed by atoms with E-state index in [-0.39, 0.29) is 0 Å². The normalized spacial score (nSPS) is 13.5. The van der Waals surface area contributed by atoms with E-state index in [2.05, 4.69) is 4.98 Å². The van der Waals surface area contributed by atoms with Crippen molar-refractivity contribution in [1.29, 1.82) is 0 Å². The molecular weight excluding hydrogens is 273 g/mol. The average Bonchev–Trinajstić information content (AvgIpc) is 2.74. The van der Waals surface area contributed by atoms with Crippen molar-refractivity contribution in [3.63, 3.8) is 0 Å². The number of aromatic nitrogens is 1. The zero-order valence-electron chi connectivity index (χ0n) is 10.2. The zero-order valence-corrected chi connectivity index (χ0v) is 11.1. The van der Waals surface area contributed by atoms with E-state index in [1.165, 1.54) is 17.4 Å². The molecule has 19 heavy (non-hydrogen) atoms. The number of thiazole rings is 1. The van der Waals surface area contributed by atoms with E-state index >= 15 is 0 Å². The van der Waals surface area contributed by atoms with Gasteiger partial charge in [-0.15, -0.1) is 11.3 Å². The van der Waals surface area contributed by atoms with Gasteiger partial charge in [0.05, 0.1) is 16.3 Å². The maximum absolute atomic E-state index is 12.6. The summed E-state index contributed by atoms with van der Waals surface area (Å²) in [6, 6.07) is 4.65.